The Labute approximate surface area is 91.8 Å². The van der Waals surface area contributed by atoms with Gasteiger partial charge in [-0.25, -0.2) is 4.79 Å². The van der Waals surface area contributed by atoms with E-state index < -0.39 is 5.97 Å². The van der Waals surface area contributed by atoms with Gasteiger partial charge in [-0.3, -0.25) is 0 Å². The predicted octanol–water partition coefficient (Wildman–Crippen LogP) is 0.757. The average molecular weight is 218 g/mol. The zero-order valence-electron chi connectivity index (χ0n) is 8.91. The summed E-state index contributed by atoms with van der Waals surface area (Å²) in [6.45, 7) is 1.98. The number of rotatable bonds is 2. The first-order valence-corrected chi connectivity index (χ1v) is 4.66. The molecule has 0 saturated heterocycles. The Hall–Kier alpha value is -2.24. The van der Waals surface area contributed by atoms with Gasteiger partial charge in [-0.2, -0.15) is 0 Å². The van der Waals surface area contributed by atoms with Gasteiger partial charge < -0.3 is 4.74 Å². The molecular weight excluding hydrogens is 208 g/mol. The summed E-state index contributed by atoms with van der Waals surface area (Å²) in [4.78, 5) is 12.4. The van der Waals surface area contributed by atoms with Crippen molar-refractivity contribution >= 4 is 5.97 Å². The number of nitrogens with zero attached hydrogens (tertiary/aromatic N) is 4. The van der Waals surface area contributed by atoms with Gasteiger partial charge in [0, 0.05) is 0 Å². The van der Waals surface area contributed by atoms with Crippen LogP contribution in [0.15, 0.2) is 24.3 Å². The van der Waals surface area contributed by atoms with Crippen molar-refractivity contribution in [1.29, 1.82) is 0 Å². The predicted molar refractivity (Wildman–Crippen MR) is 55.2 cm³/mol. The van der Waals surface area contributed by atoms with Gasteiger partial charge in [0.15, 0.2) is 0 Å². The molecule has 0 fully saturated rings. The van der Waals surface area contributed by atoms with Crippen LogP contribution in [-0.2, 0) is 4.74 Å². The Morgan fingerprint density at radius 2 is 2.00 bits per heavy atom. The molecule has 0 aliphatic rings. The summed E-state index contributed by atoms with van der Waals surface area (Å²) in [6, 6.07) is 7.54. The number of hydrogen-bond acceptors (Lipinski definition) is 5. The third kappa shape index (κ3) is 1.90. The lowest BCUT2D eigenvalue weighted by atomic mass is 10.2. The van der Waals surface area contributed by atoms with E-state index in [4.69, 9.17) is 0 Å². The number of carbonyl (C=O) groups is 1. The molecule has 0 atom stereocenters. The average Bonchev–Trinajstić information content (AvgIpc) is 2.78. The summed E-state index contributed by atoms with van der Waals surface area (Å²) in [6.07, 6.45) is 0. The Morgan fingerprint density at radius 3 is 2.62 bits per heavy atom. The Balaban J connectivity index is 2.31. The van der Waals surface area contributed by atoms with E-state index in [1.165, 1.54) is 11.9 Å². The maximum atomic E-state index is 11.1. The summed E-state index contributed by atoms with van der Waals surface area (Å²) in [5.74, 6) is -0.651. The van der Waals surface area contributed by atoms with Crippen LogP contribution in [-0.4, -0.2) is 33.3 Å². The molecule has 0 aliphatic carbocycles. The fourth-order valence-electron chi connectivity index (χ4n) is 1.17. The zero-order chi connectivity index (χ0) is 11.5. The van der Waals surface area contributed by atoms with Crippen molar-refractivity contribution in [3.63, 3.8) is 0 Å². The Bertz CT molecular complexity index is 504. The van der Waals surface area contributed by atoms with Crippen LogP contribution in [0.1, 0.15) is 16.2 Å². The van der Waals surface area contributed by atoms with Crippen molar-refractivity contribution in [2.45, 2.75) is 6.92 Å². The monoisotopic (exact) mass is 218 g/mol. The van der Waals surface area contributed by atoms with E-state index in [2.05, 4.69) is 20.1 Å². The van der Waals surface area contributed by atoms with E-state index in [9.17, 15) is 4.79 Å². The molecule has 0 bridgehead atoms. The summed E-state index contributed by atoms with van der Waals surface area (Å²) >= 11 is 0. The number of esters is 1. The number of carbonyl (C=O) groups excluding carboxylic acids is 1. The number of methoxy groups -OCH3 is 1. The Kier molecular flexibility index (Phi) is 2.63. The highest BCUT2D eigenvalue weighted by atomic mass is 16.5. The Morgan fingerprint density at radius 1 is 1.31 bits per heavy atom. The van der Waals surface area contributed by atoms with E-state index in [1.54, 1.807) is 0 Å². The molecule has 6 nitrogen and oxygen atoms in total. The first-order valence-electron chi connectivity index (χ1n) is 4.66. The second kappa shape index (κ2) is 4.09. The summed E-state index contributed by atoms with van der Waals surface area (Å²) in [5.41, 5.74) is 1.88. The number of ether oxygens (including phenoxy) is 1. The number of tetrazole rings is 1. The van der Waals surface area contributed by atoms with Crippen LogP contribution in [0.3, 0.4) is 0 Å². The minimum atomic E-state index is -0.599. The molecule has 0 saturated carbocycles. The topological polar surface area (TPSA) is 69.9 Å². The van der Waals surface area contributed by atoms with Gasteiger partial charge in [0.2, 0.25) is 0 Å². The van der Waals surface area contributed by atoms with E-state index in [0.717, 1.165) is 11.3 Å². The molecule has 1 aromatic carbocycles. The van der Waals surface area contributed by atoms with Crippen LogP contribution in [0.4, 0.5) is 0 Å². The largest absolute Gasteiger partial charge is 0.463 e. The molecule has 2 rings (SSSR count). The van der Waals surface area contributed by atoms with Gasteiger partial charge in [-0.1, -0.05) is 17.7 Å². The van der Waals surface area contributed by atoms with E-state index >= 15 is 0 Å². The van der Waals surface area contributed by atoms with Crippen LogP contribution in [0, 0.1) is 6.92 Å². The minimum Gasteiger partial charge on any atom is -0.463 e. The van der Waals surface area contributed by atoms with Crippen molar-refractivity contribution < 1.29 is 9.53 Å². The minimum absolute atomic E-state index is 0.0527. The summed E-state index contributed by atoms with van der Waals surface area (Å²) < 4.78 is 4.49. The second-order valence-electron chi connectivity index (χ2n) is 3.23. The van der Waals surface area contributed by atoms with Gasteiger partial charge >= 0.3 is 5.97 Å². The normalized spacial score (nSPS) is 10.1. The molecule has 0 spiro atoms. The third-order valence-electron chi connectivity index (χ3n) is 2.05. The summed E-state index contributed by atoms with van der Waals surface area (Å²) in [7, 11) is 1.27. The van der Waals surface area contributed by atoms with Crippen LogP contribution < -0.4 is 0 Å². The number of aryl methyl sites for hydroxylation is 1. The SMILES string of the molecule is COC(=O)c1nnn(-c2ccc(C)cc2)n1. The van der Waals surface area contributed by atoms with Crippen LogP contribution in [0.5, 0.6) is 0 Å². The molecule has 0 radical (unpaired) electrons. The molecule has 2 aromatic rings. The highest BCUT2D eigenvalue weighted by Gasteiger charge is 2.13. The van der Waals surface area contributed by atoms with Gasteiger partial charge in [0.1, 0.15) is 0 Å². The van der Waals surface area contributed by atoms with Crippen molar-refractivity contribution in [3.05, 3.63) is 35.7 Å². The molecule has 82 valence electrons. The van der Waals surface area contributed by atoms with Crippen molar-refractivity contribution in [1.82, 2.24) is 20.2 Å². The standard InChI is InChI=1S/C10H10N4O2/c1-7-3-5-8(6-4-7)14-12-9(11-13-14)10(15)16-2/h3-6H,1-2H3. The maximum Gasteiger partial charge on any atom is 0.379 e. The van der Waals surface area contributed by atoms with Crippen LogP contribution in [0.25, 0.3) is 5.69 Å². The van der Waals surface area contributed by atoms with Gasteiger partial charge in [-0.15, -0.1) is 15.0 Å². The van der Waals surface area contributed by atoms with Crippen molar-refractivity contribution in [3.8, 4) is 5.69 Å². The molecule has 0 amide bonds. The third-order valence-corrected chi connectivity index (χ3v) is 2.05. The molecule has 1 aromatic heterocycles. The number of aromatic nitrogens is 4. The molecule has 0 unspecified atom stereocenters. The lowest BCUT2D eigenvalue weighted by Gasteiger charge is -1.97. The lowest BCUT2D eigenvalue weighted by Crippen LogP contribution is -2.05. The van der Waals surface area contributed by atoms with Crippen molar-refractivity contribution in [2.75, 3.05) is 7.11 Å². The molecule has 0 aliphatic heterocycles. The lowest BCUT2D eigenvalue weighted by molar-refractivity contribution is 0.0586. The molecule has 1 heterocycles. The van der Waals surface area contributed by atoms with Crippen LogP contribution >= 0.6 is 0 Å². The smallest absolute Gasteiger partial charge is 0.379 e. The van der Waals surface area contributed by atoms with Crippen LogP contribution in [0.2, 0.25) is 0 Å². The van der Waals surface area contributed by atoms with Gasteiger partial charge in [0.25, 0.3) is 5.82 Å². The van der Waals surface area contributed by atoms with E-state index in [1.807, 2.05) is 31.2 Å². The van der Waals surface area contributed by atoms with E-state index in [0.29, 0.717) is 0 Å². The first-order chi connectivity index (χ1) is 7.70. The fraction of sp³-hybridized carbons (Fsp3) is 0.200. The quantitative estimate of drug-likeness (QED) is 0.696. The van der Waals surface area contributed by atoms with E-state index in [-0.39, 0.29) is 5.82 Å². The highest BCUT2D eigenvalue weighted by Crippen LogP contribution is 2.06. The summed E-state index contributed by atoms with van der Waals surface area (Å²) in [5, 5.41) is 11.3. The fourth-order valence-corrected chi connectivity index (χ4v) is 1.17. The molecule has 16 heavy (non-hydrogen) atoms. The maximum absolute atomic E-state index is 11.1. The second-order valence-corrected chi connectivity index (χ2v) is 3.23. The highest BCUT2D eigenvalue weighted by molar-refractivity contribution is 5.84. The first kappa shape index (κ1) is 10.3. The molecular formula is C10H10N4O2. The zero-order valence-corrected chi connectivity index (χ0v) is 8.91. The van der Waals surface area contributed by atoms with Crippen molar-refractivity contribution in [2.24, 2.45) is 0 Å². The molecule has 6 heteroatoms. The van der Waals surface area contributed by atoms with Gasteiger partial charge in [-0.05, 0) is 24.3 Å². The number of benzene rings is 1. The molecule has 0 N–H and O–H groups in total. The number of hydrogen-bond donors (Lipinski definition) is 0. The van der Waals surface area contributed by atoms with Gasteiger partial charge in [0.05, 0.1) is 12.8 Å².